The predicted molar refractivity (Wildman–Crippen MR) is 82.4 cm³/mol. The number of benzene rings is 1. The molecule has 0 spiro atoms. The maximum atomic E-state index is 5.07. The zero-order valence-corrected chi connectivity index (χ0v) is 12.5. The van der Waals surface area contributed by atoms with Crippen molar-refractivity contribution in [3.05, 3.63) is 35.9 Å². The summed E-state index contributed by atoms with van der Waals surface area (Å²) in [6.45, 7) is 4.25. The van der Waals surface area contributed by atoms with E-state index in [1.807, 2.05) is 0 Å². The first-order valence-corrected chi connectivity index (χ1v) is 7.65. The molecule has 1 aromatic carbocycles. The van der Waals surface area contributed by atoms with Gasteiger partial charge in [-0.05, 0) is 37.8 Å². The topological polar surface area (TPSA) is 21.3 Å². The van der Waals surface area contributed by atoms with Gasteiger partial charge in [0.1, 0.15) is 0 Å². The fourth-order valence-corrected chi connectivity index (χ4v) is 2.30. The van der Waals surface area contributed by atoms with Crippen molar-refractivity contribution in [3.8, 4) is 0 Å². The van der Waals surface area contributed by atoms with Crippen molar-refractivity contribution in [1.29, 1.82) is 0 Å². The molecule has 0 aliphatic heterocycles. The fourth-order valence-electron chi connectivity index (χ4n) is 2.30. The molecule has 2 heteroatoms. The lowest BCUT2D eigenvalue weighted by molar-refractivity contribution is 0.192. The molecule has 0 aliphatic rings. The molecule has 0 bridgehead atoms. The summed E-state index contributed by atoms with van der Waals surface area (Å²) in [5.41, 5.74) is 1.42. The van der Waals surface area contributed by atoms with Gasteiger partial charge in [0.2, 0.25) is 0 Å². The molecule has 0 heterocycles. The number of unbranched alkanes of at least 4 members (excludes halogenated alkanes) is 3. The smallest absolute Gasteiger partial charge is 0.0462 e. The van der Waals surface area contributed by atoms with Crippen LogP contribution in [0.2, 0.25) is 0 Å². The Kier molecular flexibility index (Phi) is 9.38. The summed E-state index contributed by atoms with van der Waals surface area (Å²) >= 11 is 0. The third-order valence-corrected chi connectivity index (χ3v) is 3.46. The minimum Gasteiger partial charge on any atom is -0.385 e. The standard InChI is InChI=1S/C17H29NO/c1-3-4-13-17(16-11-7-5-8-12-16)18-14-9-6-10-15-19-2/h5,7-8,11-12,17-18H,3-4,6,9-10,13-15H2,1-2H3. The van der Waals surface area contributed by atoms with Gasteiger partial charge in [0.25, 0.3) is 0 Å². The Labute approximate surface area is 118 Å². The van der Waals surface area contributed by atoms with Crippen LogP contribution in [0.5, 0.6) is 0 Å². The summed E-state index contributed by atoms with van der Waals surface area (Å²) in [4.78, 5) is 0. The first kappa shape index (κ1) is 16.2. The van der Waals surface area contributed by atoms with E-state index in [4.69, 9.17) is 4.74 Å². The van der Waals surface area contributed by atoms with Crippen molar-refractivity contribution in [3.63, 3.8) is 0 Å². The molecule has 1 N–H and O–H groups in total. The van der Waals surface area contributed by atoms with Crippen LogP contribution in [0.15, 0.2) is 30.3 Å². The van der Waals surface area contributed by atoms with Gasteiger partial charge in [0, 0.05) is 19.8 Å². The van der Waals surface area contributed by atoms with Crippen molar-refractivity contribution in [1.82, 2.24) is 5.32 Å². The Balaban J connectivity index is 2.30. The first-order chi connectivity index (χ1) is 9.38. The average molecular weight is 263 g/mol. The summed E-state index contributed by atoms with van der Waals surface area (Å²) in [5.74, 6) is 0. The normalized spacial score (nSPS) is 12.5. The molecule has 0 saturated carbocycles. The molecular weight excluding hydrogens is 234 g/mol. The van der Waals surface area contributed by atoms with Crippen LogP contribution in [0.4, 0.5) is 0 Å². The third kappa shape index (κ3) is 7.34. The number of hydrogen-bond acceptors (Lipinski definition) is 2. The molecule has 0 aromatic heterocycles. The van der Waals surface area contributed by atoms with Gasteiger partial charge in [-0.15, -0.1) is 0 Å². The van der Waals surface area contributed by atoms with Crippen LogP contribution < -0.4 is 5.32 Å². The van der Waals surface area contributed by atoms with E-state index in [2.05, 4.69) is 42.6 Å². The lowest BCUT2D eigenvalue weighted by Crippen LogP contribution is -2.22. The summed E-state index contributed by atoms with van der Waals surface area (Å²) in [6.07, 6.45) is 7.44. The summed E-state index contributed by atoms with van der Waals surface area (Å²) in [5, 5.41) is 3.71. The molecule has 0 fully saturated rings. The maximum Gasteiger partial charge on any atom is 0.0462 e. The molecule has 1 atom stereocenters. The molecule has 0 radical (unpaired) electrons. The van der Waals surface area contributed by atoms with Gasteiger partial charge in [0.05, 0.1) is 0 Å². The number of ether oxygens (including phenoxy) is 1. The number of rotatable bonds is 11. The third-order valence-electron chi connectivity index (χ3n) is 3.46. The fraction of sp³-hybridized carbons (Fsp3) is 0.647. The Morgan fingerprint density at radius 2 is 1.84 bits per heavy atom. The highest BCUT2D eigenvalue weighted by Crippen LogP contribution is 2.19. The summed E-state index contributed by atoms with van der Waals surface area (Å²) < 4.78 is 5.07. The largest absolute Gasteiger partial charge is 0.385 e. The van der Waals surface area contributed by atoms with Gasteiger partial charge in [-0.1, -0.05) is 50.1 Å². The lowest BCUT2D eigenvalue weighted by Gasteiger charge is -2.19. The molecule has 1 aromatic rings. The molecular formula is C17H29NO. The number of nitrogens with one attached hydrogen (secondary N) is 1. The van der Waals surface area contributed by atoms with Crippen molar-refractivity contribution >= 4 is 0 Å². The maximum absolute atomic E-state index is 5.07. The van der Waals surface area contributed by atoms with Crippen LogP contribution >= 0.6 is 0 Å². The van der Waals surface area contributed by atoms with E-state index >= 15 is 0 Å². The molecule has 0 saturated heterocycles. The van der Waals surface area contributed by atoms with E-state index in [-0.39, 0.29) is 0 Å². The second-order valence-corrected chi connectivity index (χ2v) is 5.11. The highest BCUT2D eigenvalue weighted by atomic mass is 16.5. The predicted octanol–water partition coefficient (Wildman–Crippen LogP) is 4.32. The van der Waals surface area contributed by atoms with E-state index in [0.29, 0.717) is 6.04 Å². The Morgan fingerprint density at radius 1 is 1.05 bits per heavy atom. The van der Waals surface area contributed by atoms with Gasteiger partial charge in [-0.3, -0.25) is 0 Å². The highest BCUT2D eigenvalue weighted by molar-refractivity contribution is 5.18. The Morgan fingerprint density at radius 3 is 2.53 bits per heavy atom. The average Bonchev–Trinajstić information content (AvgIpc) is 2.46. The van der Waals surface area contributed by atoms with E-state index in [9.17, 15) is 0 Å². The van der Waals surface area contributed by atoms with Crippen molar-refractivity contribution in [2.45, 2.75) is 51.5 Å². The quantitative estimate of drug-likeness (QED) is 0.600. The minimum atomic E-state index is 0.517. The molecule has 108 valence electrons. The Hall–Kier alpha value is -0.860. The lowest BCUT2D eigenvalue weighted by atomic mass is 10.0. The Bertz CT molecular complexity index is 299. The van der Waals surface area contributed by atoms with Gasteiger partial charge in [0.15, 0.2) is 0 Å². The van der Waals surface area contributed by atoms with Gasteiger partial charge >= 0.3 is 0 Å². The molecule has 0 aliphatic carbocycles. The van der Waals surface area contributed by atoms with Crippen molar-refractivity contribution in [2.75, 3.05) is 20.3 Å². The second kappa shape index (κ2) is 11.0. The highest BCUT2D eigenvalue weighted by Gasteiger charge is 2.09. The van der Waals surface area contributed by atoms with E-state index in [1.54, 1.807) is 7.11 Å². The van der Waals surface area contributed by atoms with Crippen LogP contribution in [0.3, 0.4) is 0 Å². The van der Waals surface area contributed by atoms with Gasteiger partial charge in [-0.2, -0.15) is 0 Å². The molecule has 0 amide bonds. The van der Waals surface area contributed by atoms with Crippen LogP contribution in [-0.2, 0) is 4.74 Å². The minimum absolute atomic E-state index is 0.517. The zero-order chi connectivity index (χ0) is 13.8. The van der Waals surface area contributed by atoms with Crippen LogP contribution in [0, 0.1) is 0 Å². The van der Waals surface area contributed by atoms with Gasteiger partial charge < -0.3 is 10.1 Å². The SMILES string of the molecule is CCCCC(NCCCCCOC)c1ccccc1. The second-order valence-electron chi connectivity index (χ2n) is 5.11. The van der Waals surface area contributed by atoms with Crippen LogP contribution in [0.1, 0.15) is 57.1 Å². The summed E-state index contributed by atoms with van der Waals surface area (Å²) in [6, 6.07) is 11.3. The van der Waals surface area contributed by atoms with E-state index in [0.717, 1.165) is 13.2 Å². The van der Waals surface area contributed by atoms with Crippen molar-refractivity contribution in [2.24, 2.45) is 0 Å². The van der Waals surface area contributed by atoms with E-state index < -0.39 is 0 Å². The molecule has 1 rings (SSSR count). The zero-order valence-electron chi connectivity index (χ0n) is 12.5. The number of hydrogen-bond donors (Lipinski definition) is 1. The first-order valence-electron chi connectivity index (χ1n) is 7.65. The van der Waals surface area contributed by atoms with E-state index in [1.165, 1.54) is 44.1 Å². The monoisotopic (exact) mass is 263 g/mol. The van der Waals surface area contributed by atoms with Crippen LogP contribution in [0.25, 0.3) is 0 Å². The molecule has 2 nitrogen and oxygen atoms in total. The van der Waals surface area contributed by atoms with Gasteiger partial charge in [-0.25, -0.2) is 0 Å². The molecule has 19 heavy (non-hydrogen) atoms. The van der Waals surface area contributed by atoms with Crippen molar-refractivity contribution < 1.29 is 4.74 Å². The molecule has 1 unspecified atom stereocenters. The summed E-state index contributed by atoms with van der Waals surface area (Å²) in [7, 11) is 1.77. The number of methoxy groups -OCH3 is 1. The van der Waals surface area contributed by atoms with Crippen LogP contribution in [-0.4, -0.2) is 20.3 Å².